The Kier molecular flexibility index (Phi) is 5.66. The Bertz CT molecular complexity index is 155. The van der Waals surface area contributed by atoms with Crippen LogP contribution in [0, 0.1) is 11.3 Å². The predicted molar refractivity (Wildman–Crippen MR) is 67.9 cm³/mol. The average Bonchev–Trinajstić information content (AvgIpc) is 2.40. The van der Waals surface area contributed by atoms with Crippen molar-refractivity contribution < 1.29 is 0 Å². The highest BCUT2D eigenvalue weighted by molar-refractivity contribution is 4.85. The molecule has 2 N–H and O–H groups in total. The number of hydrogen-bond acceptors (Lipinski definition) is 1. The van der Waals surface area contributed by atoms with Crippen LogP contribution in [0.1, 0.15) is 71.6 Å². The molecule has 0 aromatic heterocycles. The molecule has 0 aromatic rings. The van der Waals surface area contributed by atoms with Gasteiger partial charge in [-0.25, -0.2) is 0 Å². The monoisotopic (exact) mass is 211 g/mol. The van der Waals surface area contributed by atoms with Gasteiger partial charge in [-0.3, -0.25) is 0 Å². The third-order valence-electron chi connectivity index (χ3n) is 4.66. The summed E-state index contributed by atoms with van der Waals surface area (Å²) in [5.41, 5.74) is 6.56. The molecule has 1 atom stereocenters. The van der Waals surface area contributed by atoms with Gasteiger partial charge >= 0.3 is 0 Å². The largest absolute Gasteiger partial charge is 0.330 e. The summed E-state index contributed by atoms with van der Waals surface area (Å²) in [6.07, 6.45) is 12.6. The Morgan fingerprint density at radius 3 is 1.87 bits per heavy atom. The summed E-state index contributed by atoms with van der Waals surface area (Å²) in [7, 11) is 0. The lowest BCUT2D eigenvalue weighted by Crippen LogP contribution is -2.36. The SMILES string of the molecule is CCC(C)C1(CN)CCCCCCCC1. The maximum absolute atomic E-state index is 6.09. The van der Waals surface area contributed by atoms with Crippen molar-refractivity contribution in [2.24, 2.45) is 17.1 Å². The lowest BCUT2D eigenvalue weighted by atomic mass is 9.68. The topological polar surface area (TPSA) is 26.0 Å². The van der Waals surface area contributed by atoms with Gasteiger partial charge in [-0.2, -0.15) is 0 Å². The highest BCUT2D eigenvalue weighted by Gasteiger charge is 2.32. The molecule has 1 fully saturated rings. The zero-order valence-corrected chi connectivity index (χ0v) is 10.7. The molecule has 1 nitrogen and oxygen atoms in total. The van der Waals surface area contributed by atoms with Crippen LogP contribution in [0.15, 0.2) is 0 Å². The van der Waals surface area contributed by atoms with E-state index in [2.05, 4.69) is 13.8 Å². The summed E-state index contributed by atoms with van der Waals surface area (Å²) < 4.78 is 0. The molecular weight excluding hydrogens is 182 g/mol. The van der Waals surface area contributed by atoms with E-state index in [0.717, 1.165) is 12.5 Å². The second-order valence-electron chi connectivity index (χ2n) is 5.50. The summed E-state index contributed by atoms with van der Waals surface area (Å²) >= 11 is 0. The maximum atomic E-state index is 6.09. The van der Waals surface area contributed by atoms with E-state index < -0.39 is 0 Å². The van der Waals surface area contributed by atoms with Gasteiger partial charge in [-0.15, -0.1) is 0 Å². The van der Waals surface area contributed by atoms with E-state index in [1.54, 1.807) is 0 Å². The Morgan fingerprint density at radius 2 is 1.47 bits per heavy atom. The van der Waals surface area contributed by atoms with Gasteiger partial charge in [0.2, 0.25) is 0 Å². The fourth-order valence-corrected chi connectivity index (χ4v) is 3.12. The average molecular weight is 211 g/mol. The first kappa shape index (κ1) is 13.0. The van der Waals surface area contributed by atoms with Crippen molar-refractivity contribution in [2.75, 3.05) is 6.54 Å². The summed E-state index contributed by atoms with van der Waals surface area (Å²) in [6, 6.07) is 0. The number of hydrogen-bond donors (Lipinski definition) is 1. The van der Waals surface area contributed by atoms with E-state index in [4.69, 9.17) is 5.73 Å². The minimum absolute atomic E-state index is 0.471. The lowest BCUT2D eigenvalue weighted by molar-refractivity contribution is 0.140. The smallest absolute Gasteiger partial charge is 0.00180 e. The normalized spacial score (nSPS) is 25.0. The van der Waals surface area contributed by atoms with Crippen molar-refractivity contribution in [3.8, 4) is 0 Å². The molecule has 1 saturated carbocycles. The highest BCUT2D eigenvalue weighted by atomic mass is 14.6. The standard InChI is InChI=1S/C14H29N/c1-3-13(2)14(12-15)10-8-6-4-5-7-9-11-14/h13H,3-12,15H2,1-2H3. The fourth-order valence-electron chi connectivity index (χ4n) is 3.12. The molecule has 15 heavy (non-hydrogen) atoms. The molecule has 0 radical (unpaired) electrons. The van der Waals surface area contributed by atoms with Crippen molar-refractivity contribution >= 4 is 0 Å². The lowest BCUT2D eigenvalue weighted by Gasteiger charge is -2.38. The van der Waals surface area contributed by atoms with E-state index in [1.807, 2.05) is 0 Å². The minimum atomic E-state index is 0.471. The van der Waals surface area contributed by atoms with Crippen molar-refractivity contribution in [2.45, 2.75) is 71.6 Å². The molecule has 1 rings (SSSR count). The molecule has 0 bridgehead atoms. The van der Waals surface area contributed by atoms with Gasteiger partial charge in [-0.1, -0.05) is 58.8 Å². The first-order chi connectivity index (χ1) is 7.25. The first-order valence-corrected chi connectivity index (χ1v) is 6.95. The molecule has 0 saturated heterocycles. The molecule has 1 unspecified atom stereocenters. The van der Waals surface area contributed by atoms with Crippen molar-refractivity contribution in [1.29, 1.82) is 0 Å². The molecule has 0 amide bonds. The van der Waals surface area contributed by atoms with Crippen LogP contribution in [0.2, 0.25) is 0 Å². The van der Waals surface area contributed by atoms with E-state index in [1.165, 1.54) is 57.8 Å². The third kappa shape index (κ3) is 3.48. The van der Waals surface area contributed by atoms with Crippen LogP contribution in [-0.2, 0) is 0 Å². The predicted octanol–water partition coefficient (Wildman–Crippen LogP) is 4.11. The molecule has 1 aliphatic rings. The van der Waals surface area contributed by atoms with E-state index in [9.17, 15) is 0 Å². The summed E-state index contributed by atoms with van der Waals surface area (Å²) in [5.74, 6) is 0.806. The molecule has 0 spiro atoms. The van der Waals surface area contributed by atoms with E-state index >= 15 is 0 Å². The fraction of sp³-hybridized carbons (Fsp3) is 1.00. The summed E-state index contributed by atoms with van der Waals surface area (Å²) in [4.78, 5) is 0. The molecule has 90 valence electrons. The van der Waals surface area contributed by atoms with Crippen LogP contribution in [0.3, 0.4) is 0 Å². The summed E-state index contributed by atoms with van der Waals surface area (Å²) in [6.45, 7) is 5.63. The van der Waals surface area contributed by atoms with Gasteiger partial charge in [0, 0.05) is 0 Å². The highest BCUT2D eigenvalue weighted by Crippen LogP contribution is 2.40. The second-order valence-corrected chi connectivity index (χ2v) is 5.50. The van der Waals surface area contributed by atoms with Crippen LogP contribution in [0.4, 0.5) is 0 Å². The molecule has 0 aliphatic heterocycles. The molecule has 0 heterocycles. The maximum Gasteiger partial charge on any atom is -0.00180 e. The molecule has 1 aliphatic carbocycles. The Balaban J connectivity index is 2.63. The van der Waals surface area contributed by atoms with Crippen LogP contribution in [0.25, 0.3) is 0 Å². The van der Waals surface area contributed by atoms with E-state index in [-0.39, 0.29) is 0 Å². The van der Waals surface area contributed by atoms with Gasteiger partial charge in [0.25, 0.3) is 0 Å². The second kappa shape index (κ2) is 6.52. The number of rotatable bonds is 3. The van der Waals surface area contributed by atoms with Crippen LogP contribution in [-0.4, -0.2) is 6.54 Å². The van der Waals surface area contributed by atoms with Gasteiger partial charge in [0.15, 0.2) is 0 Å². The third-order valence-corrected chi connectivity index (χ3v) is 4.66. The van der Waals surface area contributed by atoms with Gasteiger partial charge < -0.3 is 5.73 Å². The van der Waals surface area contributed by atoms with Crippen LogP contribution < -0.4 is 5.73 Å². The quantitative estimate of drug-likeness (QED) is 0.747. The van der Waals surface area contributed by atoms with Crippen LogP contribution >= 0.6 is 0 Å². The van der Waals surface area contributed by atoms with Crippen molar-refractivity contribution in [3.05, 3.63) is 0 Å². The molecule has 1 heteroatoms. The first-order valence-electron chi connectivity index (χ1n) is 6.95. The molecule has 0 aromatic carbocycles. The van der Waals surface area contributed by atoms with Gasteiger partial charge in [0.05, 0.1) is 0 Å². The minimum Gasteiger partial charge on any atom is -0.330 e. The summed E-state index contributed by atoms with van der Waals surface area (Å²) in [5, 5.41) is 0. The molecular formula is C14H29N. The van der Waals surface area contributed by atoms with Crippen molar-refractivity contribution in [1.82, 2.24) is 0 Å². The van der Waals surface area contributed by atoms with Crippen LogP contribution in [0.5, 0.6) is 0 Å². The van der Waals surface area contributed by atoms with E-state index in [0.29, 0.717) is 5.41 Å². The Hall–Kier alpha value is -0.0400. The Labute approximate surface area is 95.8 Å². The zero-order valence-electron chi connectivity index (χ0n) is 10.7. The Morgan fingerprint density at radius 1 is 1.00 bits per heavy atom. The van der Waals surface area contributed by atoms with Gasteiger partial charge in [-0.05, 0) is 30.7 Å². The van der Waals surface area contributed by atoms with Crippen molar-refractivity contribution in [3.63, 3.8) is 0 Å². The van der Waals surface area contributed by atoms with Gasteiger partial charge in [0.1, 0.15) is 0 Å². The number of nitrogens with two attached hydrogens (primary N) is 1. The zero-order chi connectivity index (χ0) is 11.1.